The van der Waals surface area contributed by atoms with Crippen LogP contribution in [0.2, 0.25) is 0 Å². The molecule has 4 nitrogen and oxygen atoms in total. The van der Waals surface area contributed by atoms with Gasteiger partial charge in [0.15, 0.2) is 0 Å². The van der Waals surface area contributed by atoms with Crippen molar-refractivity contribution in [2.24, 2.45) is 0 Å². The molecule has 8 bridgehead atoms. The predicted molar refractivity (Wildman–Crippen MR) is 318 cm³/mol. The van der Waals surface area contributed by atoms with Gasteiger partial charge in [-0.2, -0.15) is 0 Å². The summed E-state index contributed by atoms with van der Waals surface area (Å²) in [5.41, 5.74) is 22.2. The molecule has 384 valence electrons. The van der Waals surface area contributed by atoms with E-state index in [-0.39, 0.29) is 49.0 Å². The molecule has 0 saturated carbocycles. The molecule has 7 aromatic rings. The summed E-state index contributed by atoms with van der Waals surface area (Å²) >= 11 is 3.72. The maximum Gasteiger partial charge on any atom is 2.00 e. The fourth-order valence-electron chi connectivity index (χ4n) is 9.80. The summed E-state index contributed by atoms with van der Waals surface area (Å²) in [5.74, 6) is 0. The Morgan fingerprint density at radius 3 is 0.730 bits per heavy atom. The van der Waals surface area contributed by atoms with E-state index in [4.69, 9.17) is 19.9 Å². The van der Waals surface area contributed by atoms with Crippen LogP contribution in [0.25, 0.3) is 90.9 Å². The predicted octanol–water partition coefficient (Wildman–Crippen LogP) is 19.1. The van der Waals surface area contributed by atoms with Crippen LogP contribution < -0.4 is 9.97 Å². The van der Waals surface area contributed by atoms with Gasteiger partial charge in [0, 0.05) is 4.47 Å². The molecule has 0 N–H and O–H groups in total. The van der Waals surface area contributed by atoms with Gasteiger partial charge in [0.1, 0.15) is 0 Å². The van der Waals surface area contributed by atoms with Gasteiger partial charge in [0.2, 0.25) is 0 Å². The average Bonchev–Trinajstić information content (AvgIpc) is 4.13. The second kappa shape index (κ2) is 19.2. The van der Waals surface area contributed by atoms with Crippen molar-refractivity contribution in [1.82, 2.24) is 19.9 Å². The molecule has 0 atom stereocenters. The van der Waals surface area contributed by atoms with Crippen molar-refractivity contribution in [3.05, 3.63) is 164 Å². The smallest absolute Gasteiger partial charge is 0.657 e. The maximum atomic E-state index is 5.76. The van der Waals surface area contributed by atoms with Crippen LogP contribution in [-0.2, 0) is 49.0 Å². The molecule has 0 aliphatic carbocycles. The van der Waals surface area contributed by atoms with E-state index in [1.54, 1.807) is 0 Å². The van der Waals surface area contributed by atoms with E-state index in [9.17, 15) is 0 Å². The standard InChI is InChI=1S/C68H75BrN4.Ni/c1-63(2,3)44-31-41(32-45(37-44)64(4,5)6)60-53-25-23-51(70-53)59(40-19-21-50(69)22-20-40)52-24-26-54(71-52)61(42-33-46(65(7,8)9)38-47(34-42)66(10,11)12)56-28-30-58(73-56)62(57-29-27-55(60)72-57)43-35-48(67(13,14)15)39-49(36-43)68(16,17)18;/h19-39H,1-18H3;/q-2;+2. The average molecular weight is 1090 g/mol. The molecule has 6 heteroatoms. The Hall–Kier alpha value is -5.55. The number of aromatic nitrogens is 4. The number of hydrogen-bond acceptors (Lipinski definition) is 2. The molecule has 0 amide bonds. The number of rotatable bonds is 4. The van der Waals surface area contributed by atoms with Crippen LogP contribution in [0.3, 0.4) is 0 Å². The van der Waals surface area contributed by atoms with Gasteiger partial charge in [-0.15, -0.1) is 22.1 Å². The summed E-state index contributed by atoms with van der Waals surface area (Å²) in [6, 6.07) is 38.7. The van der Waals surface area contributed by atoms with Crippen LogP contribution in [0.4, 0.5) is 0 Å². The van der Waals surface area contributed by atoms with E-state index in [0.29, 0.717) is 0 Å². The minimum atomic E-state index is -0.105. The number of halogens is 1. The molecule has 0 unspecified atom stereocenters. The quantitative estimate of drug-likeness (QED) is 0.165. The van der Waals surface area contributed by atoms with Crippen molar-refractivity contribution in [1.29, 1.82) is 0 Å². The topological polar surface area (TPSA) is 54.0 Å². The largest absolute Gasteiger partial charge is 2.00 e. The third-order valence-electron chi connectivity index (χ3n) is 14.6. The third-order valence-corrected chi connectivity index (χ3v) is 15.1. The van der Waals surface area contributed by atoms with Crippen molar-refractivity contribution in [2.75, 3.05) is 0 Å². The molecule has 2 aliphatic heterocycles. The van der Waals surface area contributed by atoms with E-state index >= 15 is 0 Å². The molecule has 0 spiro atoms. The van der Waals surface area contributed by atoms with Gasteiger partial charge in [0.05, 0.1) is 22.8 Å². The van der Waals surface area contributed by atoms with Crippen molar-refractivity contribution >= 4 is 62.3 Å². The van der Waals surface area contributed by atoms with Crippen LogP contribution in [0.1, 0.15) is 181 Å². The van der Waals surface area contributed by atoms with E-state index in [0.717, 1.165) is 93.8 Å². The molecule has 4 aromatic carbocycles. The summed E-state index contributed by atoms with van der Waals surface area (Å²) in [6.45, 7) is 41.4. The minimum absolute atomic E-state index is 0. The number of nitrogens with zero attached hydrogens (tertiary/aromatic N) is 4. The molecule has 5 heterocycles. The van der Waals surface area contributed by atoms with Crippen LogP contribution in [0.5, 0.6) is 0 Å². The zero-order valence-corrected chi connectivity index (χ0v) is 49.7. The van der Waals surface area contributed by atoms with Gasteiger partial charge in [-0.05, 0) is 147 Å². The molecule has 0 saturated heterocycles. The second-order valence-corrected chi connectivity index (χ2v) is 27.7. The molecule has 2 aliphatic rings. The summed E-state index contributed by atoms with van der Waals surface area (Å²) in [7, 11) is 0. The Balaban J connectivity index is 0.00000729. The van der Waals surface area contributed by atoms with Crippen LogP contribution in [0, 0.1) is 0 Å². The van der Waals surface area contributed by atoms with E-state index in [1.807, 2.05) is 0 Å². The van der Waals surface area contributed by atoms with Crippen molar-refractivity contribution in [2.45, 2.75) is 157 Å². The minimum Gasteiger partial charge on any atom is -0.657 e. The summed E-state index contributed by atoms with van der Waals surface area (Å²) < 4.78 is 1.01. The molecule has 3 aromatic heterocycles. The van der Waals surface area contributed by atoms with E-state index in [2.05, 4.69) is 268 Å². The molecule has 74 heavy (non-hydrogen) atoms. The van der Waals surface area contributed by atoms with Crippen LogP contribution in [-0.4, -0.2) is 9.97 Å². The van der Waals surface area contributed by atoms with Gasteiger partial charge in [-0.25, -0.2) is 9.97 Å². The van der Waals surface area contributed by atoms with Crippen LogP contribution in [0.15, 0.2) is 108 Å². The van der Waals surface area contributed by atoms with E-state index < -0.39 is 0 Å². The number of benzene rings is 4. The third kappa shape index (κ3) is 11.1. The van der Waals surface area contributed by atoms with Crippen molar-refractivity contribution in [3.8, 4) is 44.5 Å². The first-order valence-electron chi connectivity index (χ1n) is 26.1. The molecular weight excluding hydrogens is 1010 g/mol. The first-order chi connectivity index (χ1) is 33.8. The van der Waals surface area contributed by atoms with Crippen LogP contribution >= 0.6 is 15.9 Å². The molecule has 9 rings (SSSR count). The van der Waals surface area contributed by atoms with Gasteiger partial charge in [0.25, 0.3) is 0 Å². The van der Waals surface area contributed by atoms with Crippen molar-refractivity contribution < 1.29 is 16.5 Å². The summed E-state index contributed by atoms with van der Waals surface area (Å²) in [6.07, 6.45) is 8.76. The van der Waals surface area contributed by atoms with Gasteiger partial charge >= 0.3 is 16.5 Å². The van der Waals surface area contributed by atoms with Crippen molar-refractivity contribution in [3.63, 3.8) is 0 Å². The Morgan fingerprint density at radius 1 is 0.297 bits per heavy atom. The zero-order valence-electron chi connectivity index (χ0n) is 47.1. The summed E-state index contributed by atoms with van der Waals surface area (Å²) in [5, 5.41) is 0. The Morgan fingerprint density at radius 2 is 0.514 bits per heavy atom. The second-order valence-electron chi connectivity index (χ2n) is 26.8. The Kier molecular flexibility index (Phi) is 14.2. The van der Waals surface area contributed by atoms with Gasteiger partial charge in [-0.1, -0.05) is 232 Å². The zero-order chi connectivity index (χ0) is 53.0. The Bertz CT molecular complexity index is 3380. The molecule has 0 fully saturated rings. The Labute approximate surface area is 461 Å². The number of fused-ring (bicyclic) bond motifs is 8. The fraction of sp³-hybridized carbons (Fsp3) is 0.353. The number of hydrogen-bond donors (Lipinski definition) is 0. The fourth-order valence-corrected chi connectivity index (χ4v) is 10.1. The van der Waals surface area contributed by atoms with Gasteiger partial charge in [-0.3, -0.25) is 0 Å². The molecule has 0 radical (unpaired) electrons. The monoisotopic (exact) mass is 1080 g/mol. The van der Waals surface area contributed by atoms with Gasteiger partial charge < -0.3 is 9.97 Å². The van der Waals surface area contributed by atoms with E-state index in [1.165, 1.54) is 33.4 Å². The first-order valence-corrected chi connectivity index (χ1v) is 26.9. The summed E-state index contributed by atoms with van der Waals surface area (Å²) in [4.78, 5) is 22.8. The SMILES string of the molecule is CC(C)(C)c1cc(-c2c3nc(c(-c4cc(C(C)(C)C)cc(C(C)(C)C)c4)c4ccc([n-]4)c(-c4cc(C(C)(C)C)cc(C(C)(C)C)c4)c4nc(c(-c5ccc(Br)cc5)c5ccc2[n-]5)C=C4)C=C3)cc(C(C)(C)C)c1.[Ni+2]. The maximum absolute atomic E-state index is 5.76. The first kappa shape index (κ1) is 54.7. The molecular formula is C68H75BrN4Ni. The normalized spacial score (nSPS) is 13.4.